The van der Waals surface area contributed by atoms with Gasteiger partial charge in [0.1, 0.15) is 23.1 Å². The number of fused-ring (bicyclic) bond motifs is 3. The van der Waals surface area contributed by atoms with E-state index in [1.54, 1.807) is 54.6 Å². The lowest BCUT2D eigenvalue weighted by atomic mass is 10.0. The van der Waals surface area contributed by atoms with Gasteiger partial charge in [0, 0.05) is 5.02 Å². The molecule has 5 aromatic rings. The van der Waals surface area contributed by atoms with Crippen molar-refractivity contribution < 1.29 is 13.6 Å². The zero-order chi connectivity index (χ0) is 21.3. The van der Waals surface area contributed by atoms with Crippen molar-refractivity contribution in [1.29, 1.82) is 0 Å². The highest BCUT2D eigenvalue weighted by atomic mass is 35.5. The second kappa shape index (κ2) is 6.54. The summed E-state index contributed by atoms with van der Waals surface area (Å²) in [7, 11) is 0. The van der Waals surface area contributed by atoms with Crippen LogP contribution in [0, 0.1) is 6.92 Å². The summed E-state index contributed by atoms with van der Waals surface area (Å²) in [6.07, 6.45) is 0. The lowest BCUT2D eigenvalue weighted by molar-refractivity contribution is 0.0969. The third-order valence-corrected chi connectivity index (χ3v) is 6.61. The van der Waals surface area contributed by atoms with Crippen LogP contribution in [0.1, 0.15) is 33.7 Å². The van der Waals surface area contributed by atoms with Crippen molar-refractivity contribution in [1.82, 2.24) is 4.98 Å². The van der Waals surface area contributed by atoms with E-state index >= 15 is 0 Å². The van der Waals surface area contributed by atoms with Gasteiger partial charge in [-0.3, -0.25) is 14.5 Å². The van der Waals surface area contributed by atoms with Gasteiger partial charge in [-0.1, -0.05) is 35.1 Å². The van der Waals surface area contributed by atoms with Gasteiger partial charge in [0.05, 0.1) is 21.2 Å². The highest BCUT2D eigenvalue weighted by molar-refractivity contribution is 7.22. The average molecular weight is 449 g/mol. The van der Waals surface area contributed by atoms with Crippen molar-refractivity contribution in [2.45, 2.75) is 13.0 Å². The fourth-order valence-corrected chi connectivity index (χ4v) is 5.24. The number of aryl methyl sites for hydroxylation is 1. The van der Waals surface area contributed by atoms with E-state index in [9.17, 15) is 9.59 Å². The summed E-state index contributed by atoms with van der Waals surface area (Å²) >= 11 is 7.45. The zero-order valence-electron chi connectivity index (χ0n) is 16.1. The number of nitrogens with zero attached hydrogens (tertiary/aromatic N) is 2. The van der Waals surface area contributed by atoms with Crippen LogP contribution < -0.4 is 10.3 Å². The minimum atomic E-state index is -0.770. The Morgan fingerprint density at radius 3 is 2.71 bits per heavy atom. The molecule has 152 valence electrons. The fraction of sp³-hybridized carbons (Fsp3) is 0.0870. The van der Waals surface area contributed by atoms with Gasteiger partial charge >= 0.3 is 0 Å². The predicted octanol–water partition coefficient (Wildman–Crippen LogP) is 5.71. The smallest absolute Gasteiger partial charge is 0.297 e. The molecule has 6 nitrogen and oxygen atoms in total. The van der Waals surface area contributed by atoms with Gasteiger partial charge in [-0.25, -0.2) is 4.98 Å². The van der Waals surface area contributed by atoms with Crippen LogP contribution in [0.2, 0.25) is 5.02 Å². The molecule has 1 atom stereocenters. The van der Waals surface area contributed by atoms with E-state index in [0.717, 1.165) is 4.70 Å². The van der Waals surface area contributed by atoms with E-state index in [0.29, 0.717) is 38.2 Å². The minimum Gasteiger partial charge on any atom is -0.464 e. The first-order chi connectivity index (χ1) is 15.0. The molecule has 0 spiro atoms. The van der Waals surface area contributed by atoms with Gasteiger partial charge in [0.25, 0.3) is 5.91 Å². The SMILES string of the molecule is Cc1ccc(C2c3c(oc4ccccc4c3=O)C(=O)N2c2nc3ccc(Cl)cc3s2)o1. The Morgan fingerprint density at radius 2 is 1.90 bits per heavy atom. The Bertz CT molecular complexity index is 1580. The highest BCUT2D eigenvalue weighted by Crippen LogP contribution is 2.44. The van der Waals surface area contributed by atoms with Gasteiger partial charge < -0.3 is 8.83 Å². The van der Waals surface area contributed by atoms with Gasteiger partial charge in [-0.05, 0) is 49.4 Å². The van der Waals surface area contributed by atoms with Gasteiger partial charge in [0.2, 0.25) is 5.76 Å². The summed E-state index contributed by atoms with van der Waals surface area (Å²) < 4.78 is 12.6. The Balaban J connectivity index is 1.64. The standard InChI is InChI=1S/C23H13ClN2O4S/c1-11-6-9-16(29-11)19-18-20(27)13-4-2-3-5-15(13)30-21(18)22(28)26(19)23-25-14-8-7-12(24)10-17(14)31-23/h2-10,19H,1H3. The summed E-state index contributed by atoms with van der Waals surface area (Å²) in [6.45, 7) is 1.81. The molecule has 6 rings (SSSR count). The second-order valence-electron chi connectivity index (χ2n) is 7.30. The Hall–Kier alpha value is -3.42. The first kappa shape index (κ1) is 18.4. The summed E-state index contributed by atoms with van der Waals surface area (Å²) in [6, 6.07) is 15.1. The molecule has 2 aromatic carbocycles. The molecule has 1 unspecified atom stereocenters. The maximum absolute atomic E-state index is 13.5. The minimum absolute atomic E-state index is 0.0139. The maximum Gasteiger partial charge on any atom is 0.297 e. The summed E-state index contributed by atoms with van der Waals surface area (Å²) in [4.78, 5) is 33.1. The van der Waals surface area contributed by atoms with Crippen molar-refractivity contribution in [3.8, 4) is 0 Å². The molecule has 0 bridgehead atoms. The number of aromatic nitrogens is 1. The lowest BCUT2D eigenvalue weighted by Crippen LogP contribution is -2.29. The number of amides is 1. The monoisotopic (exact) mass is 448 g/mol. The molecule has 31 heavy (non-hydrogen) atoms. The molecular weight excluding hydrogens is 436 g/mol. The molecule has 0 fully saturated rings. The lowest BCUT2D eigenvalue weighted by Gasteiger charge is -2.20. The summed E-state index contributed by atoms with van der Waals surface area (Å²) in [5.41, 5.74) is 1.09. The third kappa shape index (κ3) is 2.67. The number of benzene rings is 2. The van der Waals surface area contributed by atoms with Gasteiger partial charge in [0.15, 0.2) is 10.6 Å². The third-order valence-electron chi connectivity index (χ3n) is 5.35. The molecule has 1 amide bonds. The van der Waals surface area contributed by atoms with Crippen molar-refractivity contribution >= 4 is 55.2 Å². The van der Waals surface area contributed by atoms with Crippen LogP contribution in [-0.4, -0.2) is 10.9 Å². The number of anilines is 1. The number of rotatable bonds is 2. The van der Waals surface area contributed by atoms with Crippen LogP contribution in [0.3, 0.4) is 0 Å². The number of hydrogen-bond acceptors (Lipinski definition) is 6. The maximum atomic E-state index is 13.5. The first-order valence-corrected chi connectivity index (χ1v) is 10.7. The van der Waals surface area contributed by atoms with E-state index in [2.05, 4.69) is 4.98 Å². The Labute approximate surface area is 184 Å². The largest absolute Gasteiger partial charge is 0.464 e. The summed E-state index contributed by atoms with van der Waals surface area (Å²) in [5, 5.41) is 1.44. The summed E-state index contributed by atoms with van der Waals surface area (Å²) in [5.74, 6) is 0.740. The van der Waals surface area contributed by atoms with Crippen LogP contribution >= 0.6 is 22.9 Å². The number of carbonyl (C=O) groups is 1. The molecule has 0 radical (unpaired) electrons. The van der Waals surface area contributed by atoms with Crippen LogP contribution in [0.15, 0.2) is 68.2 Å². The Kier molecular flexibility index (Phi) is 3.87. The highest BCUT2D eigenvalue weighted by Gasteiger charge is 2.46. The Morgan fingerprint density at radius 1 is 1.06 bits per heavy atom. The molecule has 0 saturated heterocycles. The number of halogens is 1. The topological polar surface area (TPSA) is 76.6 Å². The molecule has 4 heterocycles. The molecule has 0 aliphatic carbocycles. The number of para-hydroxylation sites is 1. The van der Waals surface area contributed by atoms with Gasteiger partial charge in [-0.2, -0.15) is 0 Å². The predicted molar refractivity (Wildman–Crippen MR) is 119 cm³/mol. The fourth-order valence-electron chi connectivity index (χ4n) is 3.98. The number of hydrogen-bond donors (Lipinski definition) is 0. The number of furan rings is 1. The van der Waals surface area contributed by atoms with E-state index < -0.39 is 11.9 Å². The normalized spacial score (nSPS) is 15.9. The first-order valence-electron chi connectivity index (χ1n) is 9.53. The van der Waals surface area contributed by atoms with E-state index in [4.69, 9.17) is 20.4 Å². The molecule has 3 aromatic heterocycles. The second-order valence-corrected chi connectivity index (χ2v) is 8.75. The van der Waals surface area contributed by atoms with Crippen molar-refractivity contribution in [2.75, 3.05) is 4.90 Å². The molecular formula is C23H13ClN2O4S. The molecule has 8 heteroatoms. The van der Waals surface area contributed by atoms with Crippen LogP contribution in [0.5, 0.6) is 0 Å². The number of thiazole rings is 1. The average Bonchev–Trinajstić information content (AvgIpc) is 3.44. The quantitative estimate of drug-likeness (QED) is 0.346. The number of carbonyl (C=O) groups excluding carboxylic acids is 1. The van der Waals surface area contributed by atoms with Crippen LogP contribution in [0.25, 0.3) is 21.2 Å². The zero-order valence-corrected chi connectivity index (χ0v) is 17.7. The van der Waals surface area contributed by atoms with Gasteiger partial charge in [-0.15, -0.1) is 0 Å². The van der Waals surface area contributed by atoms with Crippen molar-refractivity contribution in [3.63, 3.8) is 0 Å². The molecule has 1 aliphatic rings. The molecule has 0 saturated carbocycles. The van der Waals surface area contributed by atoms with E-state index in [1.165, 1.54) is 16.2 Å². The van der Waals surface area contributed by atoms with Crippen molar-refractivity contribution in [3.05, 3.63) is 92.7 Å². The molecule has 0 N–H and O–H groups in total. The van der Waals surface area contributed by atoms with E-state index in [-0.39, 0.29) is 16.8 Å². The van der Waals surface area contributed by atoms with E-state index in [1.807, 2.05) is 6.92 Å². The van der Waals surface area contributed by atoms with Crippen LogP contribution in [0.4, 0.5) is 5.13 Å². The van der Waals surface area contributed by atoms with Crippen LogP contribution in [-0.2, 0) is 0 Å². The molecule has 1 aliphatic heterocycles. The van der Waals surface area contributed by atoms with Crippen molar-refractivity contribution in [2.24, 2.45) is 0 Å².